The monoisotopic (exact) mass is 531 g/mol. The average molecular weight is 532 g/mol. The van der Waals surface area contributed by atoms with Crippen LogP contribution in [0.5, 0.6) is 0 Å². The second-order valence-electron chi connectivity index (χ2n) is 9.72. The van der Waals surface area contributed by atoms with Gasteiger partial charge in [-0.1, -0.05) is 60.7 Å². The summed E-state index contributed by atoms with van der Waals surface area (Å²) >= 11 is 3.44. The first kappa shape index (κ1) is 23.3. The molecule has 6 heteroatoms. The normalized spacial score (nSPS) is 20.1. The van der Waals surface area contributed by atoms with E-state index in [4.69, 9.17) is 10.1 Å². The van der Waals surface area contributed by atoms with Crippen molar-refractivity contribution in [3.05, 3.63) is 117 Å². The molecule has 3 aromatic heterocycles. The molecule has 0 bridgehead atoms. The van der Waals surface area contributed by atoms with Crippen LogP contribution in [-0.4, -0.2) is 21.6 Å². The number of allylic oxidation sites excluding steroid dienone is 1. The van der Waals surface area contributed by atoms with Crippen LogP contribution in [-0.2, 0) is 0 Å². The van der Waals surface area contributed by atoms with Gasteiger partial charge in [0.15, 0.2) is 0 Å². The molecule has 0 saturated heterocycles. The third-order valence-corrected chi connectivity index (χ3v) is 9.18. The molecule has 186 valence electrons. The predicted octanol–water partition coefficient (Wildman–Crippen LogP) is 8.46. The Kier molecular flexibility index (Phi) is 5.99. The first-order valence-corrected chi connectivity index (χ1v) is 14.7. The highest BCUT2D eigenvalue weighted by molar-refractivity contribution is 7.11. The Morgan fingerprint density at radius 3 is 2.55 bits per heavy atom. The molecule has 0 radical (unpaired) electrons. The summed E-state index contributed by atoms with van der Waals surface area (Å²) in [4.78, 5) is 21.8. The standard InChI is InChI=1S/C32H25N3OS2/c36-32(26-20-28(21-9-2-1-3-10-21)33-27-15-5-4-13-24(26)27)35-31(29-16-8-18-38-29)25-14-6-11-22(30(25)34-35)19-23-12-7-17-37-23/h1-5,7-10,12-13,15-20,25,31H,6,11,14H2/b22-19+/t25-,31-/m0/s1. The largest absolute Gasteiger partial charge is 0.275 e. The number of hydrogen-bond acceptors (Lipinski definition) is 5. The number of para-hydroxylation sites is 1. The summed E-state index contributed by atoms with van der Waals surface area (Å²) in [7, 11) is 0. The molecule has 1 aliphatic carbocycles. The third-order valence-electron chi connectivity index (χ3n) is 7.42. The fourth-order valence-electron chi connectivity index (χ4n) is 5.68. The zero-order valence-corrected chi connectivity index (χ0v) is 22.3. The molecule has 1 fully saturated rings. The first-order chi connectivity index (χ1) is 18.8. The highest BCUT2D eigenvalue weighted by atomic mass is 32.1. The molecule has 38 heavy (non-hydrogen) atoms. The van der Waals surface area contributed by atoms with Crippen molar-refractivity contribution in [1.29, 1.82) is 0 Å². The molecular formula is C32H25N3OS2. The lowest BCUT2D eigenvalue weighted by atomic mass is 9.79. The number of hydrazone groups is 1. The number of nitrogens with zero attached hydrogens (tertiary/aromatic N) is 3. The molecule has 1 saturated carbocycles. The van der Waals surface area contributed by atoms with Gasteiger partial charge in [0, 0.05) is 26.6 Å². The summed E-state index contributed by atoms with van der Waals surface area (Å²) in [5, 5.41) is 11.9. The fourth-order valence-corrected chi connectivity index (χ4v) is 7.24. The molecule has 0 unspecified atom stereocenters. The van der Waals surface area contributed by atoms with Crippen LogP contribution in [0.15, 0.2) is 106 Å². The summed E-state index contributed by atoms with van der Waals surface area (Å²) in [6.07, 6.45) is 5.38. The first-order valence-electron chi connectivity index (χ1n) is 12.9. The predicted molar refractivity (Wildman–Crippen MR) is 157 cm³/mol. The van der Waals surface area contributed by atoms with Crippen LogP contribution >= 0.6 is 22.7 Å². The molecular weight excluding hydrogens is 507 g/mol. The summed E-state index contributed by atoms with van der Waals surface area (Å²) in [6.45, 7) is 0. The summed E-state index contributed by atoms with van der Waals surface area (Å²) in [6, 6.07) is 28.2. The van der Waals surface area contributed by atoms with E-state index < -0.39 is 0 Å². The number of rotatable bonds is 4. The van der Waals surface area contributed by atoms with Crippen LogP contribution in [0.2, 0.25) is 0 Å². The minimum atomic E-state index is -0.100. The van der Waals surface area contributed by atoms with E-state index in [1.807, 2.05) is 60.7 Å². The van der Waals surface area contributed by atoms with Gasteiger partial charge in [0.2, 0.25) is 0 Å². The average Bonchev–Trinajstić information content (AvgIpc) is 3.74. The number of thiophene rings is 2. The maximum absolute atomic E-state index is 14.5. The van der Waals surface area contributed by atoms with Crippen molar-refractivity contribution in [1.82, 2.24) is 9.99 Å². The Hall–Kier alpha value is -3.87. The molecule has 7 rings (SSSR count). The maximum Gasteiger partial charge on any atom is 0.275 e. The zero-order chi connectivity index (χ0) is 25.5. The van der Waals surface area contributed by atoms with E-state index in [1.165, 1.54) is 15.3 Å². The van der Waals surface area contributed by atoms with Gasteiger partial charge in [-0.2, -0.15) is 5.10 Å². The molecule has 0 N–H and O–H groups in total. The van der Waals surface area contributed by atoms with Crippen molar-refractivity contribution < 1.29 is 4.79 Å². The number of aromatic nitrogens is 1. The molecule has 2 aromatic carbocycles. The summed E-state index contributed by atoms with van der Waals surface area (Å²) < 4.78 is 0. The molecule has 2 aliphatic rings. The smallest absolute Gasteiger partial charge is 0.267 e. The van der Waals surface area contributed by atoms with Crippen LogP contribution in [0.3, 0.4) is 0 Å². The zero-order valence-electron chi connectivity index (χ0n) is 20.7. The molecule has 1 amide bonds. The Balaban J connectivity index is 1.37. The fraction of sp³-hybridized carbons (Fsp3) is 0.156. The van der Waals surface area contributed by atoms with Gasteiger partial charge in [-0.15, -0.1) is 22.7 Å². The van der Waals surface area contributed by atoms with Gasteiger partial charge >= 0.3 is 0 Å². The lowest BCUT2D eigenvalue weighted by Gasteiger charge is -2.28. The van der Waals surface area contributed by atoms with Crippen LogP contribution in [0.4, 0.5) is 0 Å². The Morgan fingerprint density at radius 2 is 1.74 bits per heavy atom. The van der Waals surface area contributed by atoms with Crippen molar-refractivity contribution in [2.45, 2.75) is 25.3 Å². The van der Waals surface area contributed by atoms with Crippen molar-refractivity contribution >= 4 is 51.3 Å². The number of carbonyl (C=O) groups excluding carboxylic acids is 1. The number of amides is 1. The van der Waals surface area contributed by atoms with Gasteiger partial charge in [-0.05, 0) is 65.9 Å². The van der Waals surface area contributed by atoms with Crippen molar-refractivity contribution in [3.8, 4) is 11.3 Å². The van der Waals surface area contributed by atoms with E-state index in [0.717, 1.165) is 47.1 Å². The Labute approximate surface area is 229 Å². The van der Waals surface area contributed by atoms with Crippen LogP contribution in [0, 0.1) is 5.92 Å². The van der Waals surface area contributed by atoms with Crippen molar-refractivity contribution in [3.63, 3.8) is 0 Å². The van der Waals surface area contributed by atoms with Gasteiger partial charge in [-0.3, -0.25) is 4.79 Å². The van der Waals surface area contributed by atoms with Gasteiger partial charge in [0.25, 0.3) is 5.91 Å². The van der Waals surface area contributed by atoms with Crippen LogP contribution < -0.4 is 0 Å². The Morgan fingerprint density at radius 1 is 0.921 bits per heavy atom. The minimum Gasteiger partial charge on any atom is -0.267 e. The van der Waals surface area contributed by atoms with Gasteiger partial charge in [-0.25, -0.2) is 9.99 Å². The summed E-state index contributed by atoms with van der Waals surface area (Å²) in [5.41, 5.74) is 5.56. The highest BCUT2D eigenvalue weighted by Crippen LogP contribution is 2.46. The topological polar surface area (TPSA) is 45.6 Å². The second-order valence-corrected chi connectivity index (χ2v) is 11.7. The van der Waals surface area contributed by atoms with Gasteiger partial charge < -0.3 is 0 Å². The number of fused-ring (bicyclic) bond motifs is 2. The SMILES string of the molecule is O=C(c1cc(-c2ccccc2)nc2ccccc12)N1N=C2/C(=C/c3cccs3)CCC[C@@H]2[C@H]1c1cccs1. The molecule has 4 nitrogen and oxygen atoms in total. The van der Waals surface area contributed by atoms with Crippen molar-refractivity contribution in [2.24, 2.45) is 11.0 Å². The number of carbonyl (C=O) groups is 1. The van der Waals surface area contributed by atoms with Gasteiger partial charge in [0.05, 0.1) is 28.5 Å². The summed E-state index contributed by atoms with van der Waals surface area (Å²) in [5.74, 6) is 0.121. The Bertz CT molecular complexity index is 1670. The van der Waals surface area contributed by atoms with Crippen molar-refractivity contribution in [2.75, 3.05) is 0 Å². The molecule has 0 spiro atoms. The van der Waals surface area contributed by atoms with E-state index >= 15 is 0 Å². The van der Waals surface area contributed by atoms with Crippen LogP contribution in [0.1, 0.15) is 45.4 Å². The van der Waals surface area contributed by atoms with Gasteiger partial charge in [0.1, 0.15) is 0 Å². The molecule has 2 atom stereocenters. The molecule has 4 heterocycles. The molecule has 1 aliphatic heterocycles. The van der Waals surface area contributed by atoms with Crippen LogP contribution in [0.25, 0.3) is 28.2 Å². The quantitative estimate of drug-likeness (QED) is 0.233. The number of hydrogen-bond donors (Lipinski definition) is 0. The third kappa shape index (κ3) is 4.10. The number of benzene rings is 2. The molecule has 5 aromatic rings. The van der Waals surface area contributed by atoms with E-state index in [-0.39, 0.29) is 17.9 Å². The lowest BCUT2D eigenvalue weighted by Crippen LogP contribution is -2.31. The lowest BCUT2D eigenvalue weighted by molar-refractivity contribution is 0.0686. The number of pyridine rings is 1. The second kappa shape index (κ2) is 9.78. The van der Waals surface area contributed by atoms with E-state index in [9.17, 15) is 4.79 Å². The van der Waals surface area contributed by atoms with E-state index in [1.54, 1.807) is 27.7 Å². The maximum atomic E-state index is 14.5. The van der Waals surface area contributed by atoms with E-state index in [0.29, 0.717) is 5.56 Å². The minimum absolute atomic E-state index is 0.0726. The van der Waals surface area contributed by atoms with E-state index in [2.05, 4.69) is 41.1 Å². The highest BCUT2D eigenvalue weighted by Gasteiger charge is 2.44.